The topological polar surface area (TPSA) is 161 Å². The quantitative estimate of drug-likeness (QED) is 0.354. The van der Waals surface area contributed by atoms with Gasteiger partial charge in [-0.25, -0.2) is 9.59 Å². The average Bonchev–Trinajstić information content (AvgIpc) is 2.53. The number of carboxylic acids is 2. The molecule has 0 radical (unpaired) electrons. The smallest absolute Gasteiger partial charge is 0.478 e. The van der Waals surface area contributed by atoms with Gasteiger partial charge in [-0.05, 0) is 17.7 Å². The number of hydrogen-bond donors (Lipinski definition) is 2. The molecule has 0 aromatic heterocycles. The standard InChI is InChI=1S/C14H10N2O8/c17-12(18)9-1-2-10(11(7-9)13(19)20)8-3-5-14(6-4-8,15(21)22)16(23)24/h1-8H,(H,17,18)(H,19,20). The average molecular weight is 334 g/mol. The number of allylic oxidation sites excluding steroid dienone is 2. The Morgan fingerprint density at radius 3 is 1.96 bits per heavy atom. The highest BCUT2D eigenvalue weighted by Crippen LogP contribution is 2.31. The largest absolute Gasteiger partial charge is 0.497 e. The van der Waals surface area contributed by atoms with E-state index in [9.17, 15) is 34.9 Å². The highest BCUT2D eigenvalue weighted by atomic mass is 16.7. The lowest BCUT2D eigenvalue weighted by Gasteiger charge is -2.18. The number of benzene rings is 1. The molecule has 1 aromatic carbocycles. The van der Waals surface area contributed by atoms with Gasteiger partial charge in [-0.15, -0.1) is 0 Å². The van der Waals surface area contributed by atoms with Crippen molar-refractivity contribution >= 4 is 11.9 Å². The fourth-order valence-corrected chi connectivity index (χ4v) is 2.29. The van der Waals surface area contributed by atoms with Crippen molar-refractivity contribution in [3.05, 3.63) is 79.4 Å². The number of rotatable bonds is 5. The van der Waals surface area contributed by atoms with Gasteiger partial charge in [0.15, 0.2) is 0 Å². The Bertz CT molecular complexity index is 781. The number of nitro groups is 2. The monoisotopic (exact) mass is 334 g/mol. The molecule has 0 atom stereocenters. The summed E-state index contributed by atoms with van der Waals surface area (Å²) in [6.07, 6.45) is 3.84. The minimum absolute atomic E-state index is 0.167. The van der Waals surface area contributed by atoms with E-state index in [2.05, 4.69) is 0 Å². The Hall–Kier alpha value is -3.56. The van der Waals surface area contributed by atoms with Crippen molar-refractivity contribution in [2.24, 2.45) is 0 Å². The first-order chi connectivity index (χ1) is 11.2. The molecule has 0 saturated carbocycles. The summed E-state index contributed by atoms with van der Waals surface area (Å²) < 4.78 is 0. The van der Waals surface area contributed by atoms with Gasteiger partial charge in [-0.1, -0.05) is 18.2 Å². The van der Waals surface area contributed by atoms with Crippen molar-refractivity contribution in [1.29, 1.82) is 0 Å². The Kier molecular flexibility index (Phi) is 4.14. The maximum Gasteiger partial charge on any atom is 0.497 e. The first-order valence-corrected chi connectivity index (χ1v) is 6.47. The summed E-state index contributed by atoms with van der Waals surface area (Å²) in [6, 6.07) is 3.41. The molecule has 0 unspecified atom stereocenters. The molecule has 1 aliphatic rings. The minimum atomic E-state index is -2.60. The molecule has 1 aromatic rings. The molecular formula is C14H10N2O8. The van der Waals surface area contributed by atoms with E-state index in [1.165, 1.54) is 12.1 Å². The van der Waals surface area contributed by atoms with Gasteiger partial charge < -0.3 is 10.2 Å². The van der Waals surface area contributed by atoms with Gasteiger partial charge in [0.2, 0.25) is 0 Å². The van der Waals surface area contributed by atoms with E-state index in [-0.39, 0.29) is 16.7 Å². The number of carbonyl (C=O) groups is 2. The van der Waals surface area contributed by atoms with Gasteiger partial charge in [-0.3, -0.25) is 20.2 Å². The third-order valence-electron chi connectivity index (χ3n) is 3.57. The minimum Gasteiger partial charge on any atom is -0.478 e. The van der Waals surface area contributed by atoms with Gasteiger partial charge in [-0.2, -0.15) is 0 Å². The predicted octanol–water partition coefficient (Wildman–Crippen LogP) is 1.54. The van der Waals surface area contributed by atoms with Crippen LogP contribution in [0.5, 0.6) is 0 Å². The van der Waals surface area contributed by atoms with E-state index in [0.717, 1.165) is 30.4 Å². The molecule has 0 fully saturated rings. The third kappa shape index (κ3) is 2.72. The lowest BCUT2D eigenvalue weighted by molar-refractivity contribution is -0.765. The molecule has 0 heterocycles. The molecule has 2 N–H and O–H groups in total. The van der Waals surface area contributed by atoms with Crippen molar-refractivity contribution in [3.63, 3.8) is 0 Å². The van der Waals surface area contributed by atoms with Crippen LogP contribution in [0.1, 0.15) is 32.2 Å². The van der Waals surface area contributed by atoms with E-state index in [4.69, 9.17) is 5.11 Å². The number of nitrogens with zero attached hydrogens (tertiary/aromatic N) is 2. The highest BCUT2D eigenvalue weighted by molar-refractivity contribution is 5.95. The summed E-state index contributed by atoms with van der Waals surface area (Å²) in [7, 11) is 0. The van der Waals surface area contributed by atoms with Crippen LogP contribution in [0.2, 0.25) is 0 Å². The van der Waals surface area contributed by atoms with Gasteiger partial charge in [0.05, 0.1) is 23.3 Å². The molecule has 10 nitrogen and oxygen atoms in total. The van der Waals surface area contributed by atoms with E-state index in [0.29, 0.717) is 0 Å². The Morgan fingerprint density at radius 1 is 1.00 bits per heavy atom. The lowest BCUT2D eigenvalue weighted by atomic mass is 9.87. The second-order valence-electron chi connectivity index (χ2n) is 4.95. The molecule has 124 valence electrons. The first-order valence-electron chi connectivity index (χ1n) is 6.47. The SMILES string of the molecule is O=C(O)c1ccc(C2C=CC([N+](=O)[O-])([N+](=O)[O-])C=C2)c(C(=O)O)c1. The van der Waals surface area contributed by atoms with Crippen molar-refractivity contribution in [1.82, 2.24) is 0 Å². The Balaban J connectivity index is 2.47. The van der Waals surface area contributed by atoms with Crippen LogP contribution in [-0.2, 0) is 0 Å². The molecule has 0 spiro atoms. The summed E-state index contributed by atoms with van der Waals surface area (Å²) >= 11 is 0. The normalized spacial score (nSPS) is 15.8. The van der Waals surface area contributed by atoms with Crippen molar-refractivity contribution in [2.75, 3.05) is 0 Å². The van der Waals surface area contributed by atoms with Gasteiger partial charge >= 0.3 is 17.6 Å². The Labute approximate surface area is 133 Å². The fourth-order valence-electron chi connectivity index (χ4n) is 2.29. The molecule has 2 rings (SSSR count). The Morgan fingerprint density at radius 2 is 1.54 bits per heavy atom. The summed E-state index contributed by atoms with van der Waals surface area (Å²) in [5.41, 5.74) is -2.96. The zero-order valence-corrected chi connectivity index (χ0v) is 11.9. The first kappa shape index (κ1) is 16.8. The van der Waals surface area contributed by atoms with Gasteiger partial charge in [0.25, 0.3) is 0 Å². The molecular weight excluding hydrogens is 324 g/mol. The maximum atomic E-state index is 11.3. The molecule has 0 amide bonds. The summed E-state index contributed by atoms with van der Waals surface area (Å²) in [5.74, 6) is -3.46. The van der Waals surface area contributed by atoms with Crippen LogP contribution in [-0.4, -0.2) is 37.7 Å². The van der Waals surface area contributed by atoms with Gasteiger partial charge in [0, 0.05) is 5.92 Å². The molecule has 0 bridgehead atoms. The lowest BCUT2D eigenvalue weighted by Crippen LogP contribution is -2.43. The third-order valence-corrected chi connectivity index (χ3v) is 3.57. The molecule has 24 heavy (non-hydrogen) atoms. The van der Waals surface area contributed by atoms with Crippen LogP contribution >= 0.6 is 0 Å². The van der Waals surface area contributed by atoms with E-state index in [1.54, 1.807) is 0 Å². The van der Waals surface area contributed by atoms with Crippen LogP contribution in [0.3, 0.4) is 0 Å². The summed E-state index contributed by atoms with van der Waals surface area (Å²) in [4.78, 5) is 42.0. The predicted molar refractivity (Wildman–Crippen MR) is 78.1 cm³/mol. The van der Waals surface area contributed by atoms with Crippen LogP contribution in [0, 0.1) is 20.2 Å². The number of carboxylic acid groups (broad SMARTS) is 2. The van der Waals surface area contributed by atoms with Crippen LogP contribution < -0.4 is 0 Å². The molecule has 0 aliphatic heterocycles. The van der Waals surface area contributed by atoms with E-state index in [1.807, 2.05) is 0 Å². The number of aromatic carboxylic acids is 2. The van der Waals surface area contributed by atoms with E-state index >= 15 is 0 Å². The molecule has 1 aliphatic carbocycles. The molecule has 0 saturated heterocycles. The summed E-state index contributed by atoms with van der Waals surface area (Å²) in [5, 5.41) is 40.1. The zero-order valence-electron chi connectivity index (χ0n) is 11.9. The molecule has 10 heteroatoms. The van der Waals surface area contributed by atoms with Crippen molar-refractivity contribution in [2.45, 2.75) is 11.6 Å². The highest BCUT2D eigenvalue weighted by Gasteiger charge is 2.52. The van der Waals surface area contributed by atoms with Gasteiger partial charge in [0.1, 0.15) is 9.85 Å². The van der Waals surface area contributed by atoms with E-state index < -0.39 is 33.4 Å². The maximum absolute atomic E-state index is 11.3. The summed E-state index contributed by atoms with van der Waals surface area (Å²) in [6.45, 7) is 0. The fraction of sp³-hybridized carbons (Fsp3) is 0.143. The van der Waals surface area contributed by atoms with Crippen molar-refractivity contribution in [3.8, 4) is 0 Å². The number of hydrogen-bond acceptors (Lipinski definition) is 6. The van der Waals surface area contributed by atoms with Crippen LogP contribution in [0.15, 0.2) is 42.5 Å². The van der Waals surface area contributed by atoms with Crippen LogP contribution in [0.4, 0.5) is 0 Å². The van der Waals surface area contributed by atoms with Crippen molar-refractivity contribution < 1.29 is 29.6 Å². The second kappa shape index (κ2) is 5.91. The second-order valence-corrected chi connectivity index (χ2v) is 4.95. The zero-order chi connectivity index (χ0) is 18.1. The van der Waals surface area contributed by atoms with Crippen LogP contribution in [0.25, 0.3) is 0 Å².